The van der Waals surface area contributed by atoms with Crippen molar-refractivity contribution in [3.63, 3.8) is 0 Å². The smallest absolute Gasteiger partial charge is 0.224 e. The van der Waals surface area contributed by atoms with Gasteiger partial charge in [0.2, 0.25) is 5.91 Å². The van der Waals surface area contributed by atoms with Gasteiger partial charge >= 0.3 is 0 Å². The molecule has 3 heteroatoms. The van der Waals surface area contributed by atoms with E-state index in [1.54, 1.807) is 0 Å². The lowest BCUT2D eigenvalue weighted by Gasteiger charge is -2.36. The van der Waals surface area contributed by atoms with Crippen molar-refractivity contribution in [3.05, 3.63) is 23.8 Å². The van der Waals surface area contributed by atoms with E-state index < -0.39 is 0 Å². The molecule has 1 aromatic carbocycles. The van der Waals surface area contributed by atoms with Gasteiger partial charge in [0.05, 0.1) is 0 Å². The first-order valence-electron chi connectivity index (χ1n) is 8.07. The zero-order chi connectivity index (χ0) is 15.5. The predicted molar refractivity (Wildman–Crippen MR) is 89.8 cm³/mol. The van der Waals surface area contributed by atoms with Gasteiger partial charge in [-0.3, -0.25) is 4.79 Å². The number of hydrogen-bond donors (Lipinski definition) is 2. The number of aryl methyl sites for hydroxylation is 1. The molecule has 1 aliphatic rings. The number of nitrogens with one attached hydrogen (secondary N) is 2. The summed E-state index contributed by atoms with van der Waals surface area (Å²) >= 11 is 0. The van der Waals surface area contributed by atoms with Gasteiger partial charge < -0.3 is 10.6 Å². The second kappa shape index (κ2) is 6.50. The molecule has 0 heterocycles. The van der Waals surface area contributed by atoms with E-state index in [1.807, 2.05) is 13.0 Å². The van der Waals surface area contributed by atoms with Gasteiger partial charge in [-0.15, -0.1) is 0 Å². The molecule has 1 atom stereocenters. The van der Waals surface area contributed by atoms with Crippen LogP contribution in [0, 0.1) is 12.3 Å². The lowest BCUT2D eigenvalue weighted by Crippen LogP contribution is -2.32. The molecule has 0 aromatic heterocycles. The largest absolute Gasteiger partial charge is 0.382 e. The van der Waals surface area contributed by atoms with Crippen LogP contribution in [-0.4, -0.2) is 11.9 Å². The first-order chi connectivity index (χ1) is 9.89. The molecule has 1 saturated carbocycles. The number of anilines is 2. The van der Waals surface area contributed by atoms with Crippen LogP contribution in [0.4, 0.5) is 11.4 Å². The van der Waals surface area contributed by atoms with Gasteiger partial charge in [-0.25, -0.2) is 0 Å². The molecule has 0 radical (unpaired) electrons. The Bertz CT molecular complexity index is 508. The summed E-state index contributed by atoms with van der Waals surface area (Å²) < 4.78 is 0. The third kappa shape index (κ3) is 4.48. The quantitative estimate of drug-likeness (QED) is 0.841. The molecular formula is C18H28N2O. The van der Waals surface area contributed by atoms with Crippen LogP contribution in [0.5, 0.6) is 0 Å². The first-order valence-corrected chi connectivity index (χ1v) is 8.07. The molecule has 0 aliphatic heterocycles. The highest BCUT2D eigenvalue weighted by Crippen LogP contribution is 2.36. The number of carbonyl (C=O) groups excluding carboxylic acids is 1. The van der Waals surface area contributed by atoms with Crippen molar-refractivity contribution in [1.29, 1.82) is 0 Å². The number of carbonyl (C=O) groups is 1. The fourth-order valence-electron chi connectivity index (χ4n) is 3.15. The Hall–Kier alpha value is -1.51. The minimum absolute atomic E-state index is 0.0589. The monoisotopic (exact) mass is 288 g/mol. The summed E-state index contributed by atoms with van der Waals surface area (Å²) in [5.41, 5.74) is 3.68. The number of hydrogen-bond acceptors (Lipinski definition) is 2. The van der Waals surface area contributed by atoms with Gasteiger partial charge in [0, 0.05) is 23.8 Å². The molecule has 1 fully saturated rings. The topological polar surface area (TPSA) is 41.1 Å². The molecule has 1 aromatic rings. The van der Waals surface area contributed by atoms with Crippen molar-refractivity contribution in [2.75, 3.05) is 10.6 Å². The Balaban J connectivity index is 2.08. The SMILES string of the molecule is CCC(=O)Nc1ccc(C)c(NC2CCCC(C)(C)C2)c1. The third-order valence-corrected chi connectivity index (χ3v) is 4.41. The highest BCUT2D eigenvalue weighted by atomic mass is 16.1. The van der Waals surface area contributed by atoms with Crippen LogP contribution in [0.3, 0.4) is 0 Å². The average molecular weight is 288 g/mol. The van der Waals surface area contributed by atoms with Crippen molar-refractivity contribution >= 4 is 17.3 Å². The summed E-state index contributed by atoms with van der Waals surface area (Å²) in [6.45, 7) is 8.69. The molecule has 2 rings (SSSR count). The minimum atomic E-state index is 0.0589. The summed E-state index contributed by atoms with van der Waals surface area (Å²) in [5.74, 6) is 0.0589. The van der Waals surface area contributed by atoms with Crippen LogP contribution < -0.4 is 10.6 Å². The fourth-order valence-corrected chi connectivity index (χ4v) is 3.15. The van der Waals surface area contributed by atoms with Gasteiger partial charge in [0.15, 0.2) is 0 Å². The van der Waals surface area contributed by atoms with E-state index in [-0.39, 0.29) is 5.91 Å². The van der Waals surface area contributed by atoms with Crippen molar-refractivity contribution in [2.45, 2.75) is 65.8 Å². The summed E-state index contributed by atoms with van der Waals surface area (Å²) in [6, 6.07) is 6.63. The average Bonchev–Trinajstić information content (AvgIpc) is 2.41. The zero-order valence-electron chi connectivity index (χ0n) is 13.8. The molecule has 1 aliphatic carbocycles. The molecular weight excluding hydrogens is 260 g/mol. The van der Waals surface area contributed by atoms with Gasteiger partial charge in [0.25, 0.3) is 0 Å². The van der Waals surface area contributed by atoms with E-state index in [0.29, 0.717) is 17.9 Å². The summed E-state index contributed by atoms with van der Waals surface area (Å²) in [5, 5.41) is 6.62. The van der Waals surface area contributed by atoms with Crippen molar-refractivity contribution < 1.29 is 4.79 Å². The summed E-state index contributed by atoms with van der Waals surface area (Å²) in [7, 11) is 0. The minimum Gasteiger partial charge on any atom is -0.382 e. The maximum atomic E-state index is 11.5. The van der Waals surface area contributed by atoms with Crippen molar-refractivity contribution in [2.24, 2.45) is 5.41 Å². The van der Waals surface area contributed by atoms with Crippen LogP contribution in [0.25, 0.3) is 0 Å². The van der Waals surface area contributed by atoms with Crippen molar-refractivity contribution in [3.8, 4) is 0 Å². The molecule has 116 valence electrons. The van der Waals surface area contributed by atoms with E-state index in [1.165, 1.54) is 31.2 Å². The third-order valence-electron chi connectivity index (χ3n) is 4.41. The molecule has 21 heavy (non-hydrogen) atoms. The van der Waals surface area contributed by atoms with E-state index in [0.717, 1.165) is 11.4 Å². The van der Waals surface area contributed by atoms with Gasteiger partial charge in [0.1, 0.15) is 0 Å². The van der Waals surface area contributed by atoms with Crippen molar-refractivity contribution in [1.82, 2.24) is 0 Å². The Kier molecular flexibility index (Phi) is 4.92. The maximum Gasteiger partial charge on any atom is 0.224 e. The highest BCUT2D eigenvalue weighted by molar-refractivity contribution is 5.91. The van der Waals surface area contributed by atoms with E-state index in [4.69, 9.17) is 0 Å². The maximum absolute atomic E-state index is 11.5. The number of benzene rings is 1. The summed E-state index contributed by atoms with van der Waals surface area (Å²) in [4.78, 5) is 11.5. The van der Waals surface area contributed by atoms with E-state index in [2.05, 4.69) is 43.5 Å². The zero-order valence-corrected chi connectivity index (χ0v) is 13.8. The molecule has 3 nitrogen and oxygen atoms in total. The Morgan fingerprint density at radius 3 is 2.81 bits per heavy atom. The standard InChI is InChI=1S/C18H28N2O/c1-5-17(21)20-14-9-8-13(2)16(11-14)19-15-7-6-10-18(3,4)12-15/h8-9,11,15,19H,5-7,10,12H2,1-4H3,(H,20,21). The summed E-state index contributed by atoms with van der Waals surface area (Å²) in [6.07, 6.45) is 5.55. The Morgan fingerprint density at radius 1 is 1.38 bits per heavy atom. The fraction of sp³-hybridized carbons (Fsp3) is 0.611. The van der Waals surface area contributed by atoms with Gasteiger partial charge in [-0.1, -0.05) is 33.3 Å². The molecule has 0 saturated heterocycles. The number of rotatable bonds is 4. The number of amides is 1. The second-order valence-electron chi connectivity index (χ2n) is 7.03. The molecule has 0 spiro atoms. The Morgan fingerprint density at radius 2 is 2.14 bits per heavy atom. The second-order valence-corrected chi connectivity index (χ2v) is 7.03. The highest BCUT2D eigenvalue weighted by Gasteiger charge is 2.27. The van der Waals surface area contributed by atoms with Crippen LogP contribution in [-0.2, 0) is 4.79 Å². The van der Waals surface area contributed by atoms with Gasteiger partial charge in [-0.05, 0) is 49.3 Å². The van der Waals surface area contributed by atoms with Crippen LogP contribution in [0.15, 0.2) is 18.2 Å². The molecule has 1 amide bonds. The molecule has 1 unspecified atom stereocenters. The normalized spacial score (nSPS) is 20.9. The lowest BCUT2D eigenvalue weighted by atomic mass is 9.75. The molecule has 0 bridgehead atoms. The lowest BCUT2D eigenvalue weighted by molar-refractivity contribution is -0.115. The van der Waals surface area contributed by atoms with E-state index in [9.17, 15) is 4.79 Å². The first kappa shape index (κ1) is 15.9. The molecule has 2 N–H and O–H groups in total. The predicted octanol–water partition coefficient (Wildman–Crippen LogP) is 4.72. The van der Waals surface area contributed by atoms with E-state index >= 15 is 0 Å². The van der Waals surface area contributed by atoms with Gasteiger partial charge in [-0.2, -0.15) is 0 Å². The van der Waals surface area contributed by atoms with Crippen LogP contribution in [0.2, 0.25) is 0 Å². The van der Waals surface area contributed by atoms with Crippen LogP contribution >= 0.6 is 0 Å². The van der Waals surface area contributed by atoms with Crippen LogP contribution in [0.1, 0.15) is 58.4 Å². The Labute approximate surface area is 128 Å².